The van der Waals surface area contributed by atoms with Gasteiger partial charge in [-0.3, -0.25) is 9.59 Å². The summed E-state index contributed by atoms with van der Waals surface area (Å²) in [6.07, 6.45) is 0. The van der Waals surface area contributed by atoms with E-state index in [9.17, 15) is 18.0 Å². The van der Waals surface area contributed by atoms with Gasteiger partial charge >= 0.3 is 0 Å². The van der Waals surface area contributed by atoms with E-state index in [2.05, 4.69) is 18.8 Å². The lowest BCUT2D eigenvalue weighted by molar-refractivity contribution is 0.0696. The third-order valence-corrected chi connectivity index (χ3v) is 8.45. The molecular formula is C23H25N3O4S2. The number of benzene rings is 1. The summed E-state index contributed by atoms with van der Waals surface area (Å²) in [4.78, 5) is 30.9. The first kappa shape index (κ1) is 22.4. The van der Waals surface area contributed by atoms with Crippen LogP contribution in [0.15, 0.2) is 63.6 Å². The number of H-pyrrole nitrogens is 1. The Labute approximate surface area is 191 Å². The van der Waals surface area contributed by atoms with Crippen LogP contribution in [0.25, 0.3) is 10.6 Å². The highest BCUT2D eigenvalue weighted by Gasteiger charge is 2.31. The summed E-state index contributed by atoms with van der Waals surface area (Å²) in [5, 5.41) is 1.92. The van der Waals surface area contributed by atoms with E-state index < -0.39 is 15.6 Å². The highest BCUT2D eigenvalue weighted by atomic mass is 32.2. The van der Waals surface area contributed by atoms with Gasteiger partial charge in [-0.05, 0) is 47.2 Å². The lowest BCUT2D eigenvalue weighted by Crippen LogP contribution is -2.51. The van der Waals surface area contributed by atoms with Crippen LogP contribution in [0.2, 0.25) is 0 Å². The summed E-state index contributed by atoms with van der Waals surface area (Å²) in [7, 11) is -3.63. The first-order valence-corrected chi connectivity index (χ1v) is 12.8. The molecule has 1 aromatic carbocycles. The number of hydrogen-bond acceptors (Lipinski definition) is 5. The molecule has 0 atom stereocenters. The zero-order valence-corrected chi connectivity index (χ0v) is 19.6. The van der Waals surface area contributed by atoms with Gasteiger partial charge in [0.05, 0.1) is 15.5 Å². The van der Waals surface area contributed by atoms with E-state index in [-0.39, 0.29) is 42.5 Å². The number of sulfonamides is 1. The van der Waals surface area contributed by atoms with Crippen LogP contribution in [0.1, 0.15) is 35.7 Å². The minimum atomic E-state index is -3.63. The molecule has 1 aliphatic rings. The lowest BCUT2D eigenvalue weighted by atomic mass is 10.0. The van der Waals surface area contributed by atoms with Crippen molar-refractivity contribution >= 4 is 27.3 Å². The largest absolute Gasteiger partial charge is 0.336 e. The number of amides is 1. The third kappa shape index (κ3) is 4.41. The fourth-order valence-electron chi connectivity index (χ4n) is 3.69. The van der Waals surface area contributed by atoms with Crippen molar-refractivity contribution in [3.63, 3.8) is 0 Å². The van der Waals surface area contributed by atoms with E-state index in [4.69, 9.17) is 0 Å². The predicted octanol–water partition coefficient (Wildman–Crippen LogP) is 3.37. The van der Waals surface area contributed by atoms with E-state index in [1.54, 1.807) is 18.2 Å². The van der Waals surface area contributed by atoms with Crippen LogP contribution in [-0.2, 0) is 10.0 Å². The topological polar surface area (TPSA) is 90.6 Å². The van der Waals surface area contributed by atoms with Crippen LogP contribution in [0, 0.1) is 0 Å². The highest BCUT2D eigenvalue weighted by molar-refractivity contribution is 7.89. The van der Waals surface area contributed by atoms with Crippen LogP contribution in [-0.4, -0.2) is 54.7 Å². The van der Waals surface area contributed by atoms with Gasteiger partial charge in [0.15, 0.2) is 0 Å². The first-order chi connectivity index (χ1) is 15.3. The standard InChI is InChI=1S/C23H25N3O4S2/c1-16(2)17-5-7-18(8-6-17)32(29,30)26-13-11-25(12-14-26)23(28)19-9-10-20(24-22(19)27)21-4-3-15-31-21/h3-10,15-16H,11-14H2,1-2H3,(H,24,27). The van der Waals surface area contributed by atoms with Gasteiger partial charge in [-0.2, -0.15) is 4.31 Å². The Morgan fingerprint density at radius 3 is 2.25 bits per heavy atom. The van der Waals surface area contributed by atoms with Crippen molar-refractivity contribution < 1.29 is 13.2 Å². The van der Waals surface area contributed by atoms with Gasteiger partial charge < -0.3 is 9.88 Å². The number of carbonyl (C=O) groups excluding carboxylic acids is 1. The maximum Gasteiger partial charge on any atom is 0.261 e. The molecule has 1 N–H and O–H groups in total. The van der Waals surface area contributed by atoms with Gasteiger partial charge in [-0.25, -0.2) is 8.42 Å². The molecule has 0 spiro atoms. The quantitative estimate of drug-likeness (QED) is 0.618. The number of thiophene rings is 1. The second-order valence-corrected chi connectivity index (χ2v) is 10.9. The molecule has 3 heterocycles. The number of pyridine rings is 1. The number of aromatic nitrogens is 1. The van der Waals surface area contributed by atoms with Crippen LogP contribution in [0.5, 0.6) is 0 Å². The molecule has 7 nitrogen and oxygen atoms in total. The number of hydrogen-bond donors (Lipinski definition) is 1. The molecule has 1 amide bonds. The normalized spacial score (nSPS) is 15.3. The van der Waals surface area contributed by atoms with Crippen molar-refractivity contribution in [2.45, 2.75) is 24.7 Å². The molecule has 0 unspecified atom stereocenters. The fourth-order valence-corrected chi connectivity index (χ4v) is 5.82. The number of aromatic amines is 1. The second kappa shape index (κ2) is 9.01. The van der Waals surface area contributed by atoms with E-state index >= 15 is 0 Å². The maximum absolute atomic E-state index is 13.0. The van der Waals surface area contributed by atoms with Crippen molar-refractivity contribution in [3.05, 3.63) is 75.4 Å². The zero-order chi connectivity index (χ0) is 22.9. The summed E-state index contributed by atoms with van der Waals surface area (Å²) in [5.74, 6) is -0.0637. The van der Waals surface area contributed by atoms with Gasteiger partial charge in [0.1, 0.15) is 5.56 Å². The van der Waals surface area contributed by atoms with Crippen molar-refractivity contribution in [1.82, 2.24) is 14.2 Å². The van der Waals surface area contributed by atoms with E-state index in [0.29, 0.717) is 11.6 Å². The number of carbonyl (C=O) groups is 1. The molecule has 1 aliphatic heterocycles. The third-order valence-electron chi connectivity index (χ3n) is 5.64. The molecule has 0 saturated carbocycles. The summed E-state index contributed by atoms with van der Waals surface area (Å²) in [6, 6.07) is 14.0. The molecule has 1 fully saturated rings. The number of rotatable bonds is 5. The molecule has 32 heavy (non-hydrogen) atoms. The summed E-state index contributed by atoms with van der Waals surface area (Å²) < 4.78 is 27.4. The Hall–Kier alpha value is -2.75. The average molecular weight is 472 g/mol. The molecule has 168 valence electrons. The molecule has 0 bridgehead atoms. The molecule has 9 heteroatoms. The SMILES string of the molecule is CC(C)c1ccc(S(=O)(=O)N2CCN(C(=O)c3ccc(-c4cccs4)[nH]c3=O)CC2)cc1. The monoisotopic (exact) mass is 471 g/mol. The van der Waals surface area contributed by atoms with Crippen LogP contribution in [0.4, 0.5) is 0 Å². The smallest absolute Gasteiger partial charge is 0.261 e. The Morgan fingerprint density at radius 1 is 1.00 bits per heavy atom. The van der Waals surface area contributed by atoms with Gasteiger partial charge in [0, 0.05) is 26.2 Å². The van der Waals surface area contributed by atoms with Crippen LogP contribution < -0.4 is 5.56 Å². The fraction of sp³-hybridized carbons (Fsp3) is 0.304. The minimum Gasteiger partial charge on any atom is -0.336 e. The summed E-state index contributed by atoms with van der Waals surface area (Å²) >= 11 is 1.50. The lowest BCUT2D eigenvalue weighted by Gasteiger charge is -2.34. The second-order valence-electron chi connectivity index (χ2n) is 8.01. The molecule has 2 aromatic heterocycles. The highest BCUT2D eigenvalue weighted by Crippen LogP contribution is 2.23. The van der Waals surface area contributed by atoms with Gasteiger partial charge in [0.25, 0.3) is 11.5 Å². The van der Waals surface area contributed by atoms with Gasteiger partial charge in [0.2, 0.25) is 10.0 Å². The van der Waals surface area contributed by atoms with Crippen LogP contribution in [0.3, 0.4) is 0 Å². The van der Waals surface area contributed by atoms with E-state index in [0.717, 1.165) is 10.4 Å². The van der Waals surface area contributed by atoms with Crippen molar-refractivity contribution in [3.8, 4) is 10.6 Å². The number of nitrogens with zero attached hydrogens (tertiary/aromatic N) is 2. The molecule has 0 radical (unpaired) electrons. The molecule has 1 saturated heterocycles. The molecular weight excluding hydrogens is 446 g/mol. The van der Waals surface area contributed by atoms with E-state index in [1.807, 2.05) is 29.6 Å². The maximum atomic E-state index is 13.0. The van der Waals surface area contributed by atoms with Gasteiger partial charge in [-0.15, -0.1) is 11.3 Å². The minimum absolute atomic E-state index is 0.0610. The molecule has 0 aliphatic carbocycles. The number of piperazine rings is 1. The van der Waals surface area contributed by atoms with Crippen LogP contribution >= 0.6 is 11.3 Å². The van der Waals surface area contributed by atoms with Crippen molar-refractivity contribution in [2.24, 2.45) is 0 Å². The Balaban J connectivity index is 1.44. The molecule has 3 aromatic rings. The first-order valence-electron chi connectivity index (χ1n) is 10.4. The van der Waals surface area contributed by atoms with Crippen molar-refractivity contribution in [2.75, 3.05) is 26.2 Å². The summed E-state index contributed by atoms with van der Waals surface area (Å²) in [6.45, 7) is 4.94. The Morgan fingerprint density at radius 2 is 1.69 bits per heavy atom. The predicted molar refractivity (Wildman–Crippen MR) is 126 cm³/mol. The zero-order valence-electron chi connectivity index (χ0n) is 17.9. The Kier molecular flexibility index (Phi) is 6.32. The van der Waals surface area contributed by atoms with E-state index in [1.165, 1.54) is 26.6 Å². The van der Waals surface area contributed by atoms with Gasteiger partial charge in [-0.1, -0.05) is 32.0 Å². The molecule has 4 rings (SSSR count). The average Bonchev–Trinajstić information content (AvgIpc) is 3.34. The Bertz CT molecular complexity index is 1260. The summed E-state index contributed by atoms with van der Waals surface area (Å²) in [5.41, 5.74) is 1.36. The number of nitrogens with one attached hydrogen (secondary N) is 1. The van der Waals surface area contributed by atoms with Crippen molar-refractivity contribution in [1.29, 1.82) is 0 Å².